The lowest BCUT2D eigenvalue weighted by Gasteiger charge is -2.21. The topological polar surface area (TPSA) is 38.7 Å². The molecule has 0 aromatic heterocycles. The number of ether oxygens (including phenoxy) is 2. The van der Waals surface area contributed by atoms with Crippen molar-refractivity contribution in [1.82, 2.24) is 0 Å². The van der Waals surface area contributed by atoms with Crippen molar-refractivity contribution >= 4 is 11.8 Å². The first kappa shape index (κ1) is 13.4. The van der Waals surface area contributed by atoms with Gasteiger partial charge in [-0.15, -0.1) is 11.8 Å². The molecule has 3 rings (SSSR count). The first-order valence-corrected chi connectivity index (χ1v) is 7.93. The molecule has 4 heteroatoms. The Morgan fingerprint density at radius 3 is 2.63 bits per heavy atom. The predicted molar refractivity (Wildman–Crippen MR) is 75.1 cm³/mol. The molecule has 1 aromatic rings. The summed E-state index contributed by atoms with van der Waals surface area (Å²) in [7, 11) is 0. The first-order chi connectivity index (χ1) is 9.30. The number of rotatable bonds is 4. The number of thioether (sulfide) groups is 1. The third-order valence-electron chi connectivity index (χ3n) is 3.82. The van der Waals surface area contributed by atoms with Crippen LogP contribution in [0.5, 0.6) is 0 Å². The van der Waals surface area contributed by atoms with Crippen LogP contribution in [0.25, 0.3) is 0 Å². The van der Waals surface area contributed by atoms with Crippen molar-refractivity contribution in [2.75, 3.05) is 12.4 Å². The maximum atomic E-state index is 9.01. The number of hydrogen-bond donors (Lipinski definition) is 1. The molecule has 19 heavy (non-hydrogen) atoms. The average molecular weight is 280 g/mol. The standard InChI is InChI=1S/C15H20O3S/c16-9-12-3-5-14(6-4-12)19-11-13-10-17-15(18-13)7-1-2-8-15/h3-6,13,16H,1-2,7-11H2. The fourth-order valence-corrected chi connectivity index (χ4v) is 3.63. The van der Waals surface area contributed by atoms with Crippen molar-refractivity contribution in [3.63, 3.8) is 0 Å². The molecular formula is C15H20O3S. The lowest BCUT2D eigenvalue weighted by atomic mass is 10.2. The largest absolute Gasteiger partial charge is 0.392 e. The fourth-order valence-electron chi connectivity index (χ4n) is 2.75. The zero-order chi connectivity index (χ0) is 13.1. The van der Waals surface area contributed by atoms with E-state index in [0.717, 1.165) is 30.8 Å². The van der Waals surface area contributed by atoms with Crippen molar-refractivity contribution < 1.29 is 14.6 Å². The van der Waals surface area contributed by atoms with Gasteiger partial charge < -0.3 is 14.6 Å². The Bertz CT molecular complexity index is 412. The van der Waals surface area contributed by atoms with Crippen LogP contribution in [0.1, 0.15) is 31.2 Å². The normalized spacial score (nSPS) is 25.2. The number of hydrogen-bond acceptors (Lipinski definition) is 4. The van der Waals surface area contributed by atoms with Gasteiger partial charge in [-0.05, 0) is 30.5 Å². The van der Waals surface area contributed by atoms with Crippen LogP contribution in [-0.2, 0) is 16.1 Å². The maximum Gasteiger partial charge on any atom is 0.168 e. The van der Waals surface area contributed by atoms with Crippen molar-refractivity contribution in [2.24, 2.45) is 0 Å². The van der Waals surface area contributed by atoms with Gasteiger partial charge in [-0.2, -0.15) is 0 Å². The van der Waals surface area contributed by atoms with Gasteiger partial charge in [-0.1, -0.05) is 12.1 Å². The summed E-state index contributed by atoms with van der Waals surface area (Å²) < 4.78 is 12.0. The van der Waals surface area contributed by atoms with Gasteiger partial charge in [0.1, 0.15) is 0 Å². The van der Waals surface area contributed by atoms with E-state index in [-0.39, 0.29) is 18.5 Å². The van der Waals surface area contributed by atoms with E-state index >= 15 is 0 Å². The molecule has 1 spiro atoms. The van der Waals surface area contributed by atoms with Crippen LogP contribution in [0.15, 0.2) is 29.2 Å². The summed E-state index contributed by atoms with van der Waals surface area (Å²) in [5, 5.41) is 9.01. The highest BCUT2D eigenvalue weighted by atomic mass is 32.2. The molecule has 1 atom stereocenters. The van der Waals surface area contributed by atoms with E-state index in [4.69, 9.17) is 14.6 Å². The first-order valence-electron chi connectivity index (χ1n) is 6.94. The van der Waals surface area contributed by atoms with Crippen LogP contribution in [-0.4, -0.2) is 29.4 Å². The number of benzene rings is 1. The van der Waals surface area contributed by atoms with E-state index in [9.17, 15) is 0 Å². The van der Waals surface area contributed by atoms with Crippen LogP contribution >= 0.6 is 11.8 Å². The number of aliphatic hydroxyl groups excluding tert-OH is 1. The zero-order valence-electron chi connectivity index (χ0n) is 11.0. The van der Waals surface area contributed by atoms with Crippen LogP contribution in [0, 0.1) is 0 Å². The lowest BCUT2D eigenvalue weighted by Crippen LogP contribution is -2.27. The molecule has 2 aliphatic rings. The Morgan fingerprint density at radius 1 is 1.21 bits per heavy atom. The highest BCUT2D eigenvalue weighted by Gasteiger charge is 2.43. The van der Waals surface area contributed by atoms with E-state index in [1.165, 1.54) is 17.7 Å². The summed E-state index contributed by atoms with van der Waals surface area (Å²) in [5.41, 5.74) is 0.953. The molecule has 104 valence electrons. The van der Waals surface area contributed by atoms with E-state index in [2.05, 4.69) is 12.1 Å². The highest BCUT2D eigenvalue weighted by Crippen LogP contribution is 2.40. The average Bonchev–Trinajstić information content (AvgIpc) is 3.08. The molecule has 1 saturated carbocycles. The van der Waals surface area contributed by atoms with Crippen LogP contribution in [0.2, 0.25) is 0 Å². The third-order valence-corrected chi connectivity index (χ3v) is 4.96. The SMILES string of the molecule is OCc1ccc(SCC2COC3(CCCC3)O2)cc1. The zero-order valence-corrected chi connectivity index (χ0v) is 11.8. The smallest absolute Gasteiger partial charge is 0.168 e. The van der Waals surface area contributed by atoms with Crippen molar-refractivity contribution in [1.29, 1.82) is 0 Å². The van der Waals surface area contributed by atoms with Gasteiger partial charge in [0.05, 0.1) is 19.3 Å². The Hall–Kier alpha value is -0.550. The van der Waals surface area contributed by atoms with Gasteiger partial charge in [0.25, 0.3) is 0 Å². The van der Waals surface area contributed by atoms with Gasteiger partial charge in [0.2, 0.25) is 0 Å². The second-order valence-corrected chi connectivity index (χ2v) is 6.38. The predicted octanol–water partition coefficient (Wildman–Crippen LogP) is 2.96. The summed E-state index contributed by atoms with van der Waals surface area (Å²) in [6.45, 7) is 0.828. The summed E-state index contributed by atoms with van der Waals surface area (Å²) in [6.07, 6.45) is 4.77. The van der Waals surface area contributed by atoms with E-state index in [1.807, 2.05) is 12.1 Å². The summed E-state index contributed by atoms with van der Waals surface area (Å²) in [6, 6.07) is 8.04. The minimum Gasteiger partial charge on any atom is -0.392 e. The molecule has 1 N–H and O–H groups in total. The minimum atomic E-state index is -0.244. The molecule has 1 heterocycles. The monoisotopic (exact) mass is 280 g/mol. The van der Waals surface area contributed by atoms with Crippen molar-refractivity contribution in [3.8, 4) is 0 Å². The fraction of sp³-hybridized carbons (Fsp3) is 0.600. The summed E-state index contributed by atoms with van der Waals surface area (Å²) >= 11 is 1.79. The van der Waals surface area contributed by atoms with Gasteiger partial charge in [0, 0.05) is 23.5 Å². The molecule has 1 saturated heterocycles. The molecule has 0 bridgehead atoms. The molecule has 1 unspecified atom stereocenters. The Kier molecular flexibility index (Phi) is 4.12. The number of aliphatic hydroxyl groups is 1. The molecular weight excluding hydrogens is 260 g/mol. The van der Waals surface area contributed by atoms with Crippen LogP contribution < -0.4 is 0 Å². The second kappa shape index (κ2) is 5.83. The second-order valence-electron chi connectivity index (χ2n) is 5.28. The van der Waals surface area contributed by atoms with E-state index < -0.39 is 0 Å². The van der Waals surface area contributed by atoms with Crippen molar-refractivity contribution in [2.45, 2.75) is 49.1 Å². The molecule has 1 aliphatic heterocycles. The Labute approximate surface area is 118 Å². The van der Waals surface area contributed by atoms with Gasteiger partial charge in [-0.3, -0.25) is 0 Å². The van der Waals surface area contributed by atoms with E-state index in [0.29, 0.717) is 0 Å². The molecule has 1 aromatic carbocycles. The van der Waals surface area contributed by atoms with E-state index in [1.54, 1.807) is 11.8 Å². The lowest BCUT2D eigenvalue weighted by molar-refractivity contribution is -0.159. The third kappa shape index (κ3) is 3.14. The van der Waals surface area contributed by atoms with Gasteiger partial charge in [-0.25, -0.2) is 0 Å². The van der Waals surface area contributed by atoms with Crippen LogP contribution in [0.3, 0.4) is 0 Å². The summed E-state index contributed by atoms with van der Waals surface area (Å²) in [4.78, 5) is 1.22. The molecule has 0 amide bonds. The Morgan fingerprint density at radius 2 is 1.95 bits per heavy atom. The molecule has 2 fully saturated rings. The van der Waals surface area contributed by atoms with Gasteiger partial charge >= 0.3 is 0 Å². The maximum absolute atomic E-state index is 9.01. The molecule has 0 radical (unpaired) electrons. The van der Waals surface area contributed by atoms with Crippen molar-refractivity contribution in [3.05, 3.63) is 29.8 Å². The quantitative estimate of drug-likeness (QED) is 0.861. The summed E-state index contributed by atoms with van der Waals surface area (Å²) in [5.74, 6) is 0.687. The minimum absolute atomic E-state index is 0.104. The molecule has 1 aliphatic carbocycles. The van der Waals surface area contributed by atoms with Gasteiger partial charge in [0.15, 0.2) is 5.79 Å². The molecule has 3 nitrogen and oxygen atoms in total. The Balaban J connectivity index is 1.49. The van der Waals surface area contributed by atoms with Crippen LogP contribution in [0.4, 0.5) is 0 Å². The highest BCUT2D eigenvalue weighted by molar-refractivity contribution is 7.99.